The summed E-state index contributed by atoms with van der Waals surface area (Å²) in [5, 5.41) is 0. The number of hydrogen-bond donors (Lipinski definition) is 3. The lowest BCUT2D eigenvalue weighted by Crippen LogP contribution is -2.06. The molecule has 0 saturated carbocycles. The Bertz CT molecular complexity index is 72.5. The van der Waals surface area contributed by atoms with Crippen LogP contribution < -0.4 is 5.73 Å². The first kappa shape index (κ1) is 11.7. The molecular weight excluding hydrogens is 174 g/mol. The Labute approximate surface area is 80.9 Å². The molecule has 0 radical (unpaired) electrons. The second kappa shape index (κ2) is 8.75. The summed E-state index contributed by atoms with van der Waals surface area (Å²) in [6, 6.07) is 0. The van der Waals surface area contributed by atoms with Crippen molar-refractivity contribution in [2.24, 2.45) is 11.7 Å². The summed E-state index contributed by atoms with van der Waals surface area (Å²) >= 11 is 8.44. The van der Waals surface area contributed by atoms with Gasteiger partial charge in [-0.1, -0.05) is 0 Å². The van der Waals surface area contributed by atoms with Crippen molar-refractivity contribution in [2.75, 3.05) is 18.1 Å². The van der Waals surface area contributed by atoms with E-state index in [0.29, 0.717) is 0 Å². The van der Waals surface area contributed by atoms with Gasteiger partial charge in [-0.25, -0.2) is 0 Å². The van der Waals surface area contributed by atoms with E-state index in [1.165, 1.54) is 19.3 Å². The Morgan fingerprint density at radius 3 is 1.91 bits per heavy atom. The van der Waals surface area contributed by atoms with Gasteiger partial charge in [-0.15, -0.1) is 0 Å². The van der Waals surface area contributed by atoms with Crippen LogP contribution in [0.25, 0.3) is 0 Å². The van der Waals surface area contributed by atoms with Crippen LogP contribution in [0.5, 0.6) is 0 Å². The molecule has 68 valence electrons. The van der Waals surface area contributed by atoms with Crippen molar-refractivity contribution in [2.45, 2.75) is 25.7 Å². The maximum absolute atomic E-state index is 5.43. The molecule has 0 aliphatic heterocycles. The van der Waals surface area contributed by atoms with E-state index in [-0.39, 0.29) is 0 Å². The summed E-state index contributed by atoms with van der Waals surface area (Å²) < 4.78 is 0. The minimum atomic E-state index is 0.800. The number of hydrogen-bond acceptors (Lipinski definition) is 3. The van der Waals surface area contributed by atoms with Crippen LogP contribution in [-0.2, 0) is 0 Å². The molecule has 0 aromatic rings. The van der Waals surface area contributed by atoms with Crippen LogP contribution in [0.2, 0.25) is 0 Å². The van der Waals surface area contributed by atoms with Crippen molar-refractivity contribution in [1.29, 1.82) is 0 Å². The summed E-state index contributed by atoms with van der Waals surface area (Å²) in [5.74, 6) is 2.78. The van der Waals surface area contributed by atoms with Crippen LogP contribution in [0, 0.1) is 5.92 Å². The molecule has 1 nitrogen and oxygen atoms in total. The van der Waals surface area contributed by atoms with Crippen LogP contribution in [0.3, 0.4) is 0 Å². The first-order valence-corrected chi connectivity index (χ1v) is 5.53. The second-order valence-corrected chi connectivity index (χ2v) is 3.72. The van der Waals surface area contributed by atoms with Crippen molar-refractivity contribution in [3.8, 4) is 0 Å². The number of thiol groups is 2. The summed E-state index contributed by atoms with van der Waals surface area (Å²) in [4.78, 5) is 0. The average molecular weight is 193 g/mol. The summed E-state index contributed by atoms with van der Waals surface area (Å²) in [7, 11) is 0. The van der Waals surface area contributed by atoms with Gasteiger partial charge < -0.3 is 5.73 Å². The highest BCUT2D eigenvalue weighted by atomic mass is 32.1. The van der Waals surface area contributed by atoms with Gasteiger partial charge in [0.2, 0.25) is 0 Å². The molecule has 11 heavy (non-hydrogen) atoms. The number of rotatable bonds is 7. The lowest BCUT2D eigenvalue weighted by Gasteiger charge is -2.13. The first-order valence-electron chi connectivity index (χ1n) is 4.27. The van der Waals surface area contributed by atoms with Crippen molar-refractivity contribution < 1.29 is 0 Å². The van der Waals surface area contributed by atoms with Gasteiger partial charge in [0, 0.05) is 0 Å². The minimum Gasteiger partial charge on any atom is -0.330 e. The Balaban J connectivity index is 3.34. The molecule has 0 fully saturated rings. The molecule has 0 heterocycles. The van der Waals surface area contributed by atoms with Crippen LogP contribution in [0.1, 0.15) is 25.7 Å². The van der Waals surface area contributed by atoms with E-state index in [9.17, 15) is 0 Å². The molecule has 2 N–H and O–H groups in total. The molecule has 0 amide bonds. The lowest BCUT2D eigenvalue weighted by atomic mass is 9.97. The van der Waals surface area contributed by atoms with Gasteiger partial charge in [0.25, 0.3) is 0 Å². The zero-order valence-electron chi connectivity index (χ0n) is 7.00. The molecular formula is C8H19NS2. The molecule has 0 rings (SSSR count). The van der Waals surface area contributed by atoms with Gasteiger partial charge in [0.1, 0.15) is 0 Å². The van der Waals surface area contributed by atoms with E-state index in [4.69, 9.17) is 5.73 Å². The fourth-order valence-corrected chi connectivity index (χ4v) is 1.93. The molecule has 0 aromatic carbocycles. The van der Waals surface area contributed by atoms with Crippen molar-refractivity contribution in [1.82, 2.24) is 0 Å². The Hall–Kier alpha value is 0.660. The molecule has 0 aromatic heterocycles. The fourth-order valence-electron chi connectivity index (χ4n) is 1.20. The van der Waals surface area contributed by atoms with Gasteiger partial charge >= 0.3 is 0 Å². The Kier molecular flexibility index (Phi) is 9.28. The smallest absolute Gasteiger partial charge is 0.00772 e. The van der Waals surface area contributed by atoms with Crippen LogP contribution in [-0.4, -0.2) is 18.1 Å². The maximum Gasteiger partial charge on any atom is -0.00772 e. The fraction of sp³-hybridized carbons (Fsp3) is 1.00. The van der Waals surface area contributed by atoms with E-state index in [0.717, 1.165) is 30.4 Å². The van der Waals surface area contributed by atoms with E-state index in [2.05, 4.69) is 25.3 Å². The highest BCUT2D eigenvalue weighted by Gasteiger charge is 2.05. The zero-order valence-corrected chi connectivity index (χ0v) is 8.79. The van der Waals surface area contributed by atoms with E-state index in [1.807, 2.05) is 0 Å². The SMILES string of the molecule is NCCCC(CCS)CCS. The first-order chi connectivity index (χ1) is 5.35. The summed E-state index contributed by atoms with van der Waals surface area (Å²) in [6.07, 6.45) is 4.82. The largest absolute Gasteiger partial charge is 0.330 e. The van der Waals surface area contributed by atoms with E-state index in [1.54, 1.807) is 0 Å². The topological polar surface area (TPSA) is 26.0 Å². The predicted octanol–water partition coefficient (Wildman–Crippen LogP) is 1.98. The van der Waals surface area contributed by atoms with E-state index >= 15 is 0 Å². The van der Waals surface area contributed by atoms with Crippen LogP contribution >= 0.6 is 25.3 Å². The Morgan fingerprint density at radius 1 is 1.00 bits per heavy atom. The molecule has 0 unspecified atom stereocenters. The van der Waals surface area contributed by atoms with Crippen LogP contribution in [0.4, 0.5) is 0 Å². The standard InChI is InChI=1S/C8H19NS2/c9-5-1-2-8(3-6-10)4-7-11/h8,10-11H,1-7,9H2. The summed E-state index contributed by atoms with van der Waals surface area (Å²) in [6.45, 7) is 0.815. The summed E-state index contributed by atoms with van der Waals surface area (Å²) in [5.41, 5.74) is 5.43. The molecule has 0 atom stereocenters. The highest BCUT2D eigenvalue weighted by Crippen LogP contribution is 2.16. The maximum atomic E-state index is 5.43. The van der Waals surface area contributed by atoms with Gasteiger partial charge in [0.15, 0.2) is 0 Å². The molecule has 0 aliphatic carbocycles. The second-order valence-electron chi connectivity index (χ2n) is 2.82. The normalized spacial score (nSPS) is 10.9. The zero-order chi connectivity index (χ0) is 8.53. The lowest BCUT2D eigenvalue weighted by molar-refractivity contribution is 0.451. The van der Waals surface area contributed by atoms with Gasteiger partial charge in [0.05, 0.1) is 0 Å². The third-order valence-electron chi connectivity index (χ3n) is 1.89. The van der Waals surface area contributed by atoms with Crippen molar-refractivity contribution >= 4 is 25.3 Å². The highest BCUT2D eigenvalue weighted by molar-refractivity contribution is 7.80. The van der Waals surface area contributed by atoms with Crippen molar-refractivity contribution in [3.05, 3.63) is 0 Å². The minimum absolute atomic E-state index is 0.800. The molecule has 0 saturated heterocycles. The third-order valence-corrected chi connectivity index (χ3v) is 2.41. The quantitative estimate of drug-likeness (QED) is 0.530. The molecule has 0 bridgehead atoms. The monoisotopic (exact) mass is 193 g/mol. The van der Waals surface area contributed by atoms with Crippen LogP contribution in [0.15, 0.2) is 0 Å². The Morgan fingerprint density at radius 2 is 1.55 bits per heavy atom. The molecule has 0 aliphatic rings. The van der Waals surface area contributed by atoms with Gasteiger partial charge in [-0.2, -0.15) is 25.3 Å². The van der Waals surface area contributed by atoms with Crippen molar-refractivity contribution in [3.63, 3.8) is 0 Å². The number of nitrogens with two attached hydrogens (primary N) is 1. The average Bonchev–Trinajstić information content (AvgIpc) is 2.01. The van der Waals surface area contributed by atoms with Gasteiger partial charge in [-0.05, 0) is 49.7 Å². The molecule has 0 spiro atoms. The predicted molar refractivity (Wildman–Crippen MR) is 58.7 cm³/mol. The van der Waals surface area contributed by atoms with E-state index < -0.39 is 0 Å². The third kappa shape index (κ3) is 7.04. The van der Waals surface area contributed by atoms with Gasteiger partial charge in [-0.3, -0.25) is 0 Å². The molecule has 3 heteroatoms.